The van der Waals surface area contributed by atoms with Gasteiger partial charge in [0.2, 0.25) is 0 Å². The molecule has 1 amide bonds. The molecular weight excluding hydrogens is 326 g/mol. The summed E-state index contributed by atoms with van der Waals surface area (Å²) in [5.74, 6) is -0.472. The molecule has 2 aromatic rings. The van der Waals surface area contributed by atoms with Crippen LogP contribution < -0.4 is 10.2 Å². The second-order valence-electron chi connectivity index (χ2n) is 4.52. The first-order chi connectivity index (χ1) is 11.0. The molecule has 0 aliphatic rings. The summed E-state index contributed by atoms with van der Waals surface area (Å²) >= 11 is 5.81. The number of hydrazone groups is 1. The van der Waals surface area contributed by atoms with Crippen molar-refractivity contribution in [2.24, 2.45) is 5.10 Å². The van der Waals surface area contributed by atoms with Crippen LogP contribution in [0.25, 0.3) is 0 Å². The summed E-state index contributed by atoms with van der Waals surface area (Å²) < 4.78 is 29.2. The normalized spacial score (nSPS) is 11.4. The highest BCUT2D eigenvalue weighted by Crippen LogP contribution is 2.21. The van der Waals surface area contributed by atoms with Crippen molar-refractivity contribution in [3.05, 3.63) is 64.7 Å². The second-order valence-corrected chi connectivity index (χ2v) is 4.96. The van der Waals surface area contributed by atoms with E-state index in [4.69, 9.17) is 11.6 Å². The van der Waals surface area contributed by atoms with Gasteiger partial charge in [-0.3, -0.25) is 4.79 Å². The van der Waals surface area contributed by atoms with Gasteiger partial charge in [-0.2, -0.15) is 13.9 Å². The maximum Gasteiger partial charge on any atom is 0.387 e. The number of alkyl halides is 2. The summed E-state index contributed by atoms with van der Waals surface area (Å²) in [6, 6.07) is 12.6. The molecule has 0 bridgehead atoms. The molecule has 0 saturated carbocycles. The summed E-state index contributed by atoms with van der Waals surface area (Å²) in [6.45, 7) is -1.36. The van der Waals surface area contributed by atoms with Crippen LogP contribution in [0.3, 0.4) is 0 Å². The average molecular weight is 339 g/mol. The Morgan fingerprint density at radius 3 is 2.65 bits per heavy atom. The predicted octanol–water partition coefficient (Wildman–Crippen LogP) is 4.10. The van der Waals surface area contributed by atoms with Gasteiger partial charge in [0.05, 0.1) is 5.71 Å². The van der Waals surface area contributed by atoms with Crippen LogP contribution in [0.1, 0.15) is 22.8 Å². The van der Waals surface area contributed by atoms with Crippen molar-refractivity contribution in [3.8, 4) is 5.75 Å². The van der Waals surface area contributed by atoms with Crippen LogP contribution in [0.5, 0.6) is 5.75 Å². The molecule has 2 aromatic carbocycles. The van der Waals surface area contributed by atoms with Gasteiger partial charge in [0.25, 0.3) is 5.91 Å². The maximum absolute atomic E-state index is 12.4. The zero-order valence-corrected chi connectivity index (χ0v) is 12.8. The zero-order valence-electron chi connectivity index (χ0n) is 12.1. The topological polar surface area (TPSA) is 50.7 Å². The number of halogens is 3. The first-order valence-corrected chi connectivity index (χ1v) is 6.99. The van der Waals surface area contributed by atoms with E-state index in [1.54, 1.807) is 43.3 Å². The molecule has 0 saturated heterocycles. The van der Waals surface area contributed by atoms with Gasteiger partial charge in [-0.15, -0.1) is 0 Å². The molecule has 0 fully saturated rings. The molecule has 2 rings (SSSR count). The Labute approximate surface area is 136 Å². The highest BCUT2D eigenvalue weighted by molar-refractivity contribution is 6.30. The van der Waals surface area contributed by atoms with Crippen LogP contribution in [0, 0.1) is 0 Å². The largest absolute Gasteiger partial charge is 0.434 e. The summed E-state index contributed by atoms with van der Waals surface area (Å²) in [5, 5.41) is 4.34. The third-order valence-corrected chi connectivity index (χ3v) is 3.14. The standard InChI is InChI=1S/C16H13ClF2N2O2/c1-10(13-7-2-3-8-14(13)23-16(18)19)20-21-15(22)11-5-4-6-12(17)9-11/h2-9,16H,1H3,(H,21,22)/b20-10-. The first kappa shape index (κ1) is 16.9. The Kier molecular flexibility index (Phi) is 5.65. The predicted molar refractivity (Wildman–Crippen MR) is 84.2 cm³/mol. The molecule has 0 unspecified atom stereocenters. The third kappa shape index (κ3) is 4.75. The van der Waals surface area contributed by atoms with Gasteiger partial charge in [0, 0.05) is 16.1 Å². The van der Waals surface area contributed by atoms with E-state index in [9.17, 15) is 13.6 Å². The average Bonchev–Trinajstić information content (AvgIpc) is 2.52. The van der Waals surface area contributed by atoms with Crippen molar-refractivity contribution in [2.45, 2.75) is 13.5 Å². The van der Waals surface area contributed by atoms with Gasteiger partial charge < -0.3 is 4.74 Å². The molecule has 0 radical (unpaired) electrons. The molecular formula is C16H13ClF2N2O2. The van der Waals surface area contributed by atoms with Crippen molar-refractivity contribution in [3.63, 3.8) is 0 Å². The van der Waals surface area contributed by atoms with E-state index in [1.165, 1.54) is 12.1 Å². The van der Waals surface area contributed by atoms with E-state index >= 15 is 0 Å². The van der Waals surface area contributed by atoms with Crippen LogP contribution >= 0.6 is 11.6 Å². The van der Waals surface area contributed by atoms with Gasteiger partial charge in [-0.1, -0.05) is 29.8 Å². The molecule has 4 nitrogen and oxygen atoms in total. The van der Waals surface area contributed by atoms with Crippen LogP contribution in [0.2, 0.25) is 5.02 Å². The maximum atomic E-state index is 12.4. The highest BCUT2D eigenvalue weighted by Gasteiger charge is 2.12. The lowest BCUT2D eigenvalue weighted by Crippen LogP contribution is -2.19. The SMILES string of the molecule is C/C(=N/NC(=O)c1cccc(Cl)c1)c1ccccc1OC(F)F. The number of para-hydroxylation sites is 1. The first-order valence-electron chi connectivity index (χ1n) is 6.62. The fourth-order valence-corrected chi connectivity index (χ4v) is 2.04. The summed E-state index contributed by atoms with van der Waals surface area (Å²) in [5.41, 5.74) is 3.38. The number of rotatable bonds is 5. The number of carbonyl (C=O) groups is 1. The van der Waals surface area contributed by atoms with Crippen molar-refractivity contribution in [1.82, 2.24) is 5.43 Å². The number of hydrogen-bond acceptors (Lipinski definition) is 3. The van der Waals surface area contributed by atoms with Gasteiger partial charge in [0.1, 0.15) is 5.75 Å². The molecule has 0 aliphatic carbocycles. The van der Waals surface area contributed by atoms with E-state index < -0.39 is 12.5 Å². The lowest BCUT2D eigenvalue weighted by molar-refractivity contribution is -0.0499. The summed E-state index contributed by atoms with van der Waals surface area (Å²) in [6.07, 6.45) is 0. The number of nitrogens with zero attached hydrogens (tertiary/aromatic N) is 1. The molecule has 1 N–H and O–H groups in total. The highest BCUT2D eigenvalue weighted by atomic mass is 35.5. The molecule has 120 valence electrons. The number of benzene rings is 2. The lowest BCUT2D eigenvalue weighted by atomic mass is 10.1. The Morgan fingerprint density at radius 2 is 1.96 bits per heavy atom. The van der Waals surface area contributed by atoms with E-state index in [0.717, 1.165) is 0 Å². The van der Waals surface area contributed by atoms with Crippen molar-refractivity contribution in [1.29, 1.82) is 0 Å². The number of hydrogen-bond donors (Lipinski definition) is 1. The lowest BCUT2D eigenvalue weighted by Gasteiger charge is -2.10. The fourth-order valence-electron chi connectivity index (χ4n) is 1.85. The molecule has 0 spiro atoms. The Bertz CT molecular complexity index is 736. The minimum absolute atomic E-state index is 0.0132. The zero-order chi connectivity index (χ0) is 16.8. The molecule has 0 atom stereocenters. The fraction of sp³-hybridized carbons (Fsp3) is 0.125. The third-order valence-electron chi connectivity index (χ3n) is 2.90. The quantitative estimate of drug-likeness (QED) is 0.659. The van der Waals surface area contributed by atoms with Crippen LogP contribution in [-0.2, 0) is 0 Å². The number of nitrogens with one attached hydrogen (secondary N) is 1. The van der Waals surface area contributed by atoms with Crippen molar-refractivity contribution >= 4 is 23.2 Å². The van der Waals surface area contributed by atoms with E-state index in [1.807, 2.05) is 0 Å². The summed E-state index contributed by atoms with van der Waals surface area (Å²) in [4.78, 5) is 12.0. The summed E-state index contributed by atoms with van der Waals surface area (Å²) in [7, 11) is 0. The van der Waals surface area contributed by atoms with Crippen molar-refractivity contribution in [2.75, 3.05) is 0 Å². The second kappa shape index (κ2) is 7.69. The van der Waals surface area contributed by atoms with Crippen molar-refractivity contribution < 1.29 is 18.3 Å². The molecule has 7 heteroatoms. The monoisotopic (exact) mass is 338 g/mol. The van der Waals surface area contributed by atoms with Gasteiger partial charge >= 0.3 is 6.61 Å². The number of ether oxygens (including phenoxy) is 1. The molecule has 0 heterocycles. The van der Waals surface area contributed by atoms with E-state index in [2.05, 4.69) is 15.3 Å². The van der Waals surface area contributed by atoms with E-state index in [0.29, 0.717) is 21.9 Å². The molecule has 0 aromatic heterocycles. The van der Waals surface area contributed by atoms with E-state index in [-0.39, 0.29) is 5.75 Å². The Hall–Kier alpha value is -2.47. The van der Waals surface area contributed by atoms with Crippen LogP contribution in [0.4, 0.5) is 8.78 Å². The van der Waals surface area contributed by atoms with Gasteiger partial charge in [0.15, 0.2) is 0 Å². The minimum Gasteiger partial charge on any atom is -0.434 e. The van der Waals surface area contributed by atoms with Crippen LogP contribution in [-0.4, -0.2) is 18.2 Å². The number of carbonyl (C=O) groups excluding carboxylic acids is 1. The smallest absolute Gasteiger partial charge is 0.387 e. The Balaban J connectivity index is 2.16. The number of amides is 1. The molecule has 0 aliphatic heterocycles. The van der Waals surface area contributed by atoms with Gasteiger partial charge in [-0.25, -0.2) is 5.43 Å². The Morgan fingerprint density at radius 1 is 1.22 bits per heavy atom. The molecule has 23 heavy (non-hydrogen) atoms. The minimum atomic E-state index is -2.94. The van der Waals surface area contributed by atoms with Gasteiger partial charge in [-0.05, 0) is 37.3 Å². The van der Waals surface area contributed by atoms with Crippen LogP contribution in [0.15, 0.2) is 53.6 Å².